The Balaban J connectivity index is 2.11. The van der Waals surface area contributed by atoms with Crippen LogP contribution in [0.25, 0.3) is 0 Å². The average molecular weight is 271 g/mol. The Kier molecular flexibility index (Phi) is 3.95. The van der Waals surface area contributed by atoms with Crippen molar-refractivity contribution in [3.8, 4) is 0 Å². The first-order valence-electron chi connectivity index (χ1n) is 5.95. The van der Waals surface area contributed by atoms with Crippen LogP contribution in [0, 0.1) is 0 Å². The second-order valence-electron chi connectivity index (χ2n) is 4.34. The molecule has 2 rings (SSSR count). The number of hydrogen-bond acceptors (Lipinski definition) is 5. The van der Waals surface area contributed by atoms with Gasteiger partial charge in [0.05, 0.1) is 0 Å². The Morgan fingerprint density at radius 1 is 1.44 bits per heavy atom. The number of rotatable bonds is 2. The van der Waals surface area contributed by atoms with E-state index in [1.165, 1.54) is 18.2 Å². The van der Waals surface area contributed by atoms with Crippen LogP contribution in [0.4, 0.5) is 4.79 Å². The van der Waals surface area contributed by atoms with Crippen LogP contribution < -0.4 is 16.8 Å². The number of hydrogen-bond donors (Lipinski definition) is 2. The fraction of sp³-hybridized carbons (Fsp3) is 0.700. The summed E-state index contributed by atoms with van der Waals surface area (Å²) in [6, 6.07) is -0.356. The van der Waals surface area contributed by atoms with Crippen LogP contribution in [0.2, 0.25) is 0 Å². The van der Waals surface area contributed by atoms with Crippen LogP contribution in [0.5, 0.6) is 0 Å². The maximum absolute atomic E-state index is 11.9. The molecule has 100 valence electrons. The highest BCUT2D eigenvalue weighted by atomic mass is 32.2. The van der Waals surface area contributed by atoms with Crippen molar-refractivity contribution in [2.75, 3.05) is 12.1 Å². The zero-order valence-corrected chi connectivity index (χ0v) is 11.1. The minimum atomic E-state index is -0.618. The van der Waals surface area contributed by atoms with Crippen molar-refractivity contribution in [3.05, 3.63) is 10.5 Å². The zero-order valence-electron chi connectivity index (χ0n) is 10.3. The van der Waals surface area contributed by atoms with Crippen LogP contribution in [0.3, 0.4) is 0 Å². The van der Waals surface area contributed by atoms with Crippen LogP contribution in [-0.2, 0) is 0 Å². The third kappa shape index (κ3) is 2.53. The molecule has 8 heteroatoms. The summed E-state index contributed by atoms with van der Waals surface area (Å²) in [4.78, 5) is 23.6. The second-order valence-corrected chi connectivity index (χ2v) is 5.11. The average Bonchev–Trinajstić information content (AvgIpc) is 2.67. The first kappa shape index (κ1) is 13.0. The smallest absolute Gasteiger partial charge is 0.333 e. The van der Waals surface area contributed by atoms with E-state index in [4.69, 9.17) is 5.84 Å². The number of nitrogens with zero attached hydrogens (tertiary/aromatic N) is 3. The molecule has 1 aliphatic rings. The summed E-state index contributed by atoms with van der Waals surface area (Å²) in [6.45, 7) is 0. The molecule has 1 aromatic heterocycles. The Hall–Kier alpha value is -1.44. The number of thioether (sulfide) groups is 1. The van der Waals surface area contributed by atoms with Gasteiger partial charge in [0, 0.05) is 6.04 Å². The summed E-state index contributed by atoms with van der Waals surface area (Å²) in [5.74, 6) is 5.50. The highest BCUT2D eigenvalue weighted by Gasteiger charge is 2.20. The van der Waals surface area contributed by atoms with E-state index in [0.29, 0.717) is 5.16 Å². The summed E-state index contributed by atoms with van der Waals surface area (Å²) < 4.78 is 1.67. The molecule has 3 N–H and O–H groups in total. The van der Waals surface area contributed by atoms with Crippen molar-refractivity contribution in [2.45, 2.75) is 43.3 Å². The van der Waals surface area contributed by atoms with Gasteiger partial charge in [0.1, 0.15) is 0 Å². The largest absolute Gasteiger partial charge is 0.374 e. The molecule has 0 bridgehead atoms. The van der Waals surface area contributed by atoms with Gasteiger partial charge >= 0.3 is 11.7 Å². The lowest BCUT2D eigenvalue weighted by Gasteiger charge is -2.22. The summed E-state index contributed by atoms with van der Waals surface area (Å²) >= 11 is 1.22. The third-order valence-corrected chi connectivity index (χ3v) is 3.73. The summed E-state index contributed by atoms with van der Waals surface area (Å²) in [5, 5.41) is 7.03. The first-order chi connectivity index (χ1) is 8.63. The van der Waals surface area contributed by atoms with Gasteiger partial charge in [-0.2, -0.15) is 4.68 Å². The molecule has 0 atom stereocenters. The topological polar surface area (TPSA) is 94.9 Å². The minimum Gasteiger partial charge on any atom is -0.333 e. The van der Waals surface area contributed by atoms with Gasteiger partial charge in [-0.3, -0.25) is 0 Å². The molecular weight excluding hydrogens is 254 g/mol. The number of aromatic nitrogens is 3. The number of nitrogen functional groups attached to an aromatic ring is 1. The van der Waals surface area contributed by atoms with E-state index in [1.54, 1.807) is 6.26 Å². The summed E-state index contributed by atoms with van der Waals surface area (Å²) in [6.07, 6.45) is 7.09. The normalized spacial score (nSPS) is 16.7. The van der Waals surface area contributed by atoms with Gasteiger partial charge in [-0.05, 0) is 19.1 Å². The van der Waals surface area contributed by atoms with E-state index >= 15 is 0 Å². The number of nitrogens with one attached hydrogen (secondary N) is 1. The Bertz CT molecular complexity index is 489. The summed E-state index contributed by atoms with van der Waals surface area (Å²) in [7, 11) is 0. The van der Waals surface area contributed by atoms with E-state index in [-0.39, 0.29) is 6.04 Å². The van der Waals surface area contributed by atoms with Gasteiger partial charge in [0.25, 0.3) is 0 Å². The molecule has 0 radical (unpaired) electrons. The van der Waals surface area contributed by atoms with Gasteiger partial charge in [-0.1, -0.05) is 31.0 Å². The maximum Gasteiger partial charge on any atom is 0.374 e. The summed E-state index contributed by atoms with van der Waals surface area (Å²) in [5.41, 5.74) is -0.618. The molecule has 1 heterocycles. The van der Waals surface area contributed by atoms with Crippen molar-refractivity contribution in [2.24, 2.45) is 0 Å². The number of carbonyl (C=O) groups is 1. The molecular formula is C10H17N5O2S. The third-order valence-electron chi connectivity index (χ3n) is 3.09. The van der Waals surface area contributed by atoms with Gasteiger partial charge in [0.15, 0.2) is 0 Å². The molecule has 0 spiro atoms. The predicted octanol–water partition coefficient (Wildman–Crippen LogP) is 0.371. The lowest BCUT2D eigenvalue weighted by Crippen LogP contribution is -2.44. The molecule has 1 fully saturated rings. The molecule has 0 unspecified atom stereocenters. The lowest BCUT2D eigenvalue weighted by atomic mass is 9.96. The fourth-order valence-electron chi connectivity index (χ4n) is 2.11. The standard InChI is InChI=1S/C10H17N5O2S/c1-18-9-13-15(10(17)14(9)11)8(16)12-7-5-3-2-4-6-7/h7H,2-6,11H2,1H3,(H,12,16). The van der Waals surface area contributed by atoms with Gasteiger partial charge in [-0.15, -0.1) is 9.78 Å². The van der Waals surface area contributed by atoms with E-state index < -0.39 is 11.7 Å². The van der Waals surface area contributed by atoms with Crippen molar-refractivity contribution >= 4 is 17.8 Å². The van der Waals surface area contributed by atoms with Gasteiger partial charge in [-0.25, -0.2) is 9.59 Å². The van der Waals surface area contributed by atoms with Crippen molar-refractivity contribution in [1.29, 1.82) is 0 Å². The maximum atomic E-state index is 11.9. The van der Waals surface area contributed by atoms with Crippen molar-refractivity contribution in [3.63, 3.8) is 0 Å². The molecule has 1 saturated carbocycles. The fourth-order valence-corrected chi connectivity index (χ4v) is 2.55. The van der Waals surface area contributed by atoms with Crippen molar-refractivity contribution < 1.29 is 4.79 Å². The molecule has 0 aliphatic heterocycles. The second kappa shape index (κ2) is 5.47. The molecule has 7 nitrogen and oxygen atoms in total. The van der Waals surface area contributed by atoms with Crippen LogP contribution in [0.15, 0.2) is 9.95 Å². The highest BCUT2D eigenvalue weighted by Crippen LogP contribution is 2.17. The van der Waals surface area contributed by atoms with Crippen LogP contribution >= 0.6 is 11.8 Å². The molecule has 1 amide bonds. The number of amides is 1. The van der Waals surface area contributed by atoms with E-state index in [2.05, 4.69) is 10.4 Å². The molecule has 0 aromatic carbocycles. The molecule has 18 heavy (non-hydrogen) atoms. The van der Waals surface area contributed by atoms with Gasteiger partial charge < -0.3 is 11.2 Å². The quantitative estimate of drug-likeness (QED) is 0.598. The molecule has 0 saturated heterocycles. The van der Waals surface area contributed by atoms with Crippen molar-refractivity contribution in [1.82, 2.24) is 19.8 Å². The van der Waals surface area contributed by atoms with E-state index in [9.17, 15) is 9.59 Å². The van der Waals surface area contributed by atoms with E-state index in [1.807, 2.05) is 0 Å². The Labute approximate surface area is 109 Å². The van der Waals surface area contributed by atoms with Crippen LogP contribution in [0.1, 0.15) is 32.1 Å². The Morgan fingerprint density at radius 2 is 2.11 bits per heavy atom. The highest BCUT2D eigenvalue weighted by molar-refractivity contribution is 7.98. The Morgan fingerprint density at radius 3 is 2.67 bits per heavy atom. The van der Waals surface area contributed by atoms with Gasteiger partial charge in [0.2, 0.25) is 5.16 Å². The predicted molar refractivity (Wildman–Crippen MR) is 69.2 cm³/mol. The zero-order chi connectivity index (χ0) is 13.1. The lowest BCUT2D eigenvalue weighted by molar-refractivity contribution is 0.230. The minimum absolute atomic E-state index is 0.138. The number of carbonyl (C=O) groups excluding carboxylic acids is 1. The van der Waals surface area contributed by atoms with E-state index in [0.717, 1.165) is 35.0 Å². The number of nitrogens with two attached hydrogens (primary N) is 1. The molecule has 1 aliphatic carbocycles. The molecule has 1 aromatic rings. The monoisotopic (exact) mass is 271 g/mol. The first-order valence-corrected chi connectivity index (χ1v) is 7.18. The SMILES string of the molecule is CSc1nn(C(=O)NC2CCCCC2)c(=O)n1N. The van der Waals surface area contributed by atoms with Crippen LogP contribution in [-0.4, -0.2) is 32.8 Å².